The molecule has 68 valence electrons. The van der Waals surface area contributed by atoms with Gasteiger partial charge in [0, 0.05) is 5.02 Å². The van der Waals surface area contributed by atoms with E-state index in [1.807, 2.05) is 0 Å². The van der Waals surface area contributed by atoms with E-state index in [1.54, 1.807) is 31.2 Å². The van der Waals surface area contributed by atoms with Gasteiger partial charge < -0.3 is 5.11 Å². The van der Waals surface area contributed by atoms with Crippen LogP contribution in [0.3, 0.4) is 0 Å². The van der Waals surface area contributed by atoms with E-state index in [0.717, 1.165) is 5.56 Å². The fourth-order valence-electron chi connectivity index (χ4n) is 1.07. The van der Waals surface area contributed by atoms with Gasteiger partial charge in [-0.3, -0.25) is 0 Å². The lowest BCUT2D eigenvalue weighted by Gasteiger charge is -2.18. The maximum absolute atomic E-state index is 9.88. The molecule has 1 atom stereocenters. The Morgan fingerprint density at radius 1 is 1.46 bits per heavy atom. The number of halogens is 1. The molecule has 1 rings (SSSR count). The van der Waals surface area contributed by atoms with Crippen LogP contribution in [0.2, 0.25) is 5.02 Å². The second kappa shape index (κ2) is 3.80. The van der Waals surface area contributed by atoms with Crippen LogP contribution in [-0.4, -0.2) is 5.11 Å². The molecule has 0 aliphatic carbocycles. The zero-order valence-electron chi connectivity index (χ0n) is 7.42. The molecular formula is C11H11ClO. The second-order valence-corrected chi connectivity index (χ2v) is 3.44. The third-order valence-electron chi connectivity index (χ3n) is 1.81. The van der Waals surface area contributed by atoms with Gasteiger partial charge in [0.25, 0.3) is 0 Å². The summed E-state index contributed by atoms with van der Waals surface area (Å²) in [4.78, 5) is 0. The van der Waals surface area contributed by atoms with Crippen molar-refractivity contribution in [2.45, 2.75) is 12.5 Å². The fourth-order valence-corrected chi connectivity index (χ4v) is 1.20. The van der Waals surface area contributed by atoms with E-state index >= 15 is 0 Å². The van der Waals surface area contributed by atoms with Gasteiger partial charge in [0.2, 0.25) is 0 Å². The van der Waals surface area contributed by atoms with Crippen LogP contribution in [0, 0.1) is 0 Å². The summed E-state index contributed by atoms with van der Waals surface area (Å²) >= 11 is 5.72. The predicted molar refractivity (Wildman–Crippen MR) is 54.7 cm³/mol. The minimum Gasteiger partial charge on any atom is -0.381 e. The van der Waals surface area contributed by atoms with Crippen molar-refractivity contribution >= 4 is 11.6 Å². The molecule has 0 amide bonds. The smallest absolute Gasteiger partial charge is 0.112 e. The van der Waals surface area contributed by atoms with Crippen LogP contribution in [0.5, 0.6) is 0 Å². The zero-order valence-corrected chi connectivity index (χ0v) is 8.17. The van der Waals surface area contributed by atoms with Crippen molar-refractivity contribution in [3.05, 3.63) is 53.2 Å². The van der Waals surface area contributed by atoms with Gasteiger partial charge in [-0.1, -0.05) is 30.3 Å². The lowest BCUT2D eigenvalue weighted by atomic mass is 9.96. The molecule has 1 aromatic carbocycles. The Hall–Kier alpha value is -1.01. The Bertz CT molecular complexity index is 332. The average molecular weight is 195 g/mol. The molecule has 0 spiro atoms. The first-order valence-corrected chi connectivity index (χ1v) is 4.29. The topological polar surface area (TPSA) is 20.2 Å². The Morgan fingerprint density at radius 3 is 2.46 bits per heavy atom. The van der Waals surface area contributed by atoms with Crippen LogP contribution in [0.25, 0.3) is 0 Å². The summed E-state index contributed by atoms with van der Waals surface area (Å²) in [7, 11) is 0. The fraction of sp³-hybridized carbons (Fsp3) is 0.182. The number of aliphatic hydroxyl groups is 1. The first-order valence-electron chi connectivity index (χ1n) is 3.91. The number of benzene rings is 1. The third kappa shape index (κ3) is 2.46. The zero-order chi connectivity index (χ0) is 9.90. The average Bonchev–Trinajstić information content (AvgIpc) is 2.05. The highest BCUT2D eigenvalue weighted by molar-refractivity contribution is 6.30. The summed E-state index contributed by atoms with van der Waals surface area (Å²) in [5, 5.41) is 10.5. The van der Waals surface area contributed by atoms with E-state index in [4.69, 9.17) is 11.6 Å². The van der Waals surface area contributed by atoms with Crippen molar-refractivity contribution in [3.63, 3.8) is 0 Å². The van der Waals surface area contributed by atoms with Gasteiger partial charge in [0.05, 0.1) is 0 Å². The number of hydrogen-bond donors (Lipinski definition) is 1. The molecule has 0 saturated heterocycles. The molecule has 0 fully saturated rings. The maximum atomic E-state index is 9.88. The monoisotopic (exact) mass is 194 g/mol. The first kappa shape index (κ1) is 10.1. The van der Waals surface area contributed by atoms with Gasteiger partial charge in [0.1, 0.15) is 5.60 Å². The van der Waals surface area contributed by atoms with Crippen molar-refractivity contribution in [3.8, 4) is 0 Å². The minimum atomic E-state index is -1.02. The molecule has 13 heavy (non-hydrogen) atoms. The van der Waals surface area contributed by atoms with Crippen molar-refractivity contribution in [1.82, 2.24) is 0 Å². The Morgan fingerprint density at radius 2 is 2.00 bits per heavy atom. The van der Waals surface area contributed by atoms with Crippen LogP contribution in [-0.2, 0) is 5.60 Å². The standard InChI is InChI=1S/C11H11ClO/c1-3-8-11(2,13)9-4-6-10(12)7-5-9/h4-8,13H,1H2,2H3. The van der Waals surface area contributed by atoms with Crippen molar-refractivity contribution < 1.29 is 5.11 Å². The molecule has 1 unspecified atom stereocenters. The lowest BCUT2D eigenvalue weighted by Crippen LogP contribution is -2.16. The quantitative estimate of drug-likeness (QED) is 0.718. The van der Waals surface area contributed by atoms with E-state index in [0.29, 0.717) is 5.02 Å². The van der Waals surface area contributed by atoms with Gasteiger partial charge in [-0.25, -0.2) is 0 Å². The summed E-state index contributed by atoms with van der Waals surface area (Å²) < 4.78 is 0. The van der Waals surface area contributed by atoms with E-state index < -0.39 is 5.60 Å². The highest BCUT2D eigenvalue weighted by Gasteiger charge is 2.18. The third-order valence-corrected chi connectivity index (χ3v) is 2.06. The van der Waals surface area contributed by atoms with Crippen LogP contribution in [0.1, 0.15) is 12.5 Å². The summed E-state index contributed by atoms with van der Waals surface area (Å²) in [5.41, 5.74) is 2.31. The second-order valence-electron chi connectivity index (χ2n) is 3.00. The summed E-state index contributed by atoms with van der Waals surface area (Å²) in [6, 6.07) is 7.02. The van der Waals surface area contributed by atoms with Gasteiger partial charge in [-0.05, 0) is 30.7 Å². The van der Waals surface area contributed by atoms with Crippen LogP contribution in [0.4, 0.5) is 0 Å². The van der Waals surface area contributed by atoms with Crippen LogP contribution >= 0.6 is 11.6 Å². The SMILES string of the molecule is C=C=CC(C)(O)c1ccc(Cl)cc1. The Balaban J connectivity index is 3.07. The van der Waals surface area contributed by atoms with E-state index in [2.05, 4.69) is 12.3 Å². The van der Waals surface area contributed by atoms with Gasteiger partial charge >= 0.3 is 0 Å². The number of hydrogen-bond acceptors (Lipinski definition) is 1. The molecule has 1 nitrogen and oxygen atoms in total. The molecular weight excluding hydrogens is 184 g/mol. The Kier molecular flexibility index (Phi) is 2.94. The minimum absolute atomic E-state index is 0.655. The van der Waals surface area contributed by atoms with Gasteiger partial charge in [-0.15, -0.1) is 5.73 Å². The summed E-state index contributed by atoms with van der Waals surface area (Å²) in [6.07, 6.45) is 1.51. The van der Waals surface area contributed by atoms with Crippen molar-refractivity contribution in [1.29, 1.82) is 0 Å². The molecule has 0 heterocycles. The predicted octanol–water partition coefficient (Wildman–Crippen LogP) is 2.89. The first-order chi connectivity index (χ1) is 6.06. The summed E-state index contributed by atoms with van der Waals surface area (Å²) in [5.74, 6) is 0. The molecule has 0 saturated carbocycles. The summed E-state index contributed by atoms with van der Waals surface area (Å²) in [6.45, 7) is 5.10. The molecule has 0 aliphatic heterocycles. The van der Waals surface area contributed by atoms with Crippen LogP contribution < -0.4 is 0 Å². The van der Waals surface area contributed by atoms with E-state index in [1.165, 1.54) is 6.08 Å². The Labute approximate surface area is 83.0 Å². The number of rotatable bonds is 2. The highest BCUT2D eigenvalue weighted by atomic mass is 35.5. The maximum Gasteiger partial charge on any atom is 0.112 e. The van der Waals surface area contributed by atoms with E-state index in [-0.39, 0.29) is 0 Å². The normalized spacial score (nSPS) is 14.4. The van der Waals surface area contributed by atoms with Crippen LogP contribution in [0.15, 0.2) is 42.7 Å². The van der Waals surface area contributed by atoms with Gasteiger partial charge in [0.15, 0.2) is 0 Å². The molecule has 0 aromatic heterocycles. The van der Waals surface area contributed by atoms with Crippen molar-refractivity contribution in [2.75, 3.05) is 0 Å². The molecule has 1 N–H and O–H groups in total. The highest BCUT2D eigenvalue weighted by Crippen LogP contribution is 2.22. The molecule has 0 bridgehead atoms. The largest absolute Gasteiger partial charge is 0.381 e. The van der Waals surface area contributed by atoms with Crippen molar-refractivity contribution in [2.24, 2.45) is 0 Å². The molecule has 0 radical (unpaired) electrons. The molecule has 0 aliphatic rings. The lowest BCUT2D eigenvalue weighted by molar-refractivity contribution is 0.111. The molecule has 2 heteroatoms. The molecule has 1 aromatic rings. The van der Waals surface area contributed by atoms with Gasteiger partial charge in [-0.2, -0.15) is 0 Å². The van der Waals surface area contributed by atoms with E-state index in [9.17, 15) is 5.11 Å².